The molecule has 0 fully saturated rings. The predicted molar refractivity (Wildman–Crippen MR) is 60.7 cm³/mol. The molecule has 0 saturated heterocycles. The third-order valence-corrected chi connectivity index (χ3v) is 2.76. The molecule has 0 bridgehead atoms. The number of rotatable bonds is 5. The molecule has 1 aromatic rings. The number of halogens is 3. The number of nitriles is 1. The number of aliphatic hydroxyl groups is 1. The summed E-state index contributed by atoms with van der Waals surface area (Å²) in [4.78, 5) is 0. The summed E-state index contributed by atoms with van der Waals surface area (Å²) in [5.41, 5.74) is 0.0158. The number of nitrogens with zero attached hydrogens (tertiary/aromatic N) is 1. The highest BCUT2D eigenvalue weighted by molar-refractivity contribution is 5.27. The molecule has 98 valence electrons. The molecule has 0 radical (unpaired) electrons. The Bertz CT molecular complexity index is 406. The lowest BCUT2D eigenvalue weighted by molar-refractivity contribution is -0.137. The van der Waals surface area contributed by atoms with Crippen LogP contribution in [0.25, 0.3) is 0 Å². The monoisotopic (exact) mass is 257 g/mol. The van der Waals surface area contributed by atoms with Crippen LogP contribution in [0.2, 0.25) is 0 Å². The lowest BCUT2D eigenvalue weighted by atomic mass is 9.91. The van der Waals surface area contributed by atoms with Crippen LogP contribution in [-0.4, -0.2) is 11.7 Å². The average molecular weight is 257 g/mol. The molecule has 0 spiro atoms. The zero-order valence-corrected chi connectivity index (χ0v) is 9.74. The lowest BCUT2D eigenvalue weighted by Crippen LogP contribution is -2.06. The molecule has 1 rings (SSSR count). The second-order valence-electron chi connectivity index (χ2n) is 4.04. The van der Waals surface area contributed by atoms with Gasteiger partial charge in [-0.15, -0.1) is 0 Å². The summed E-state index contributed by atoms with van der Waals surface area (Å²) in [6.45, 7) is 0.0164. The van der Waals surface area contributed by atoms with Gasteiger partial charge in [-0.25, -0.2) is 0 Å². The maximum atomic E-state index is 12.4. The Morgan fingerprint density at radius 2 is 1.83 bits per heavy atom. The molecule has 1 N–H and O–H groups in total. The number of hydrogen-bond donors (Lipinski definition) is 1. The van der Waals surface area contributed by atoms with Crippen molar-refractivity contribution in [3.63, 3.8) is 0 Å². The fourth-order valence-corrected chi connectivity index (χ4v) is 1.78. The largest absolute Gasteiger partial charge is 0.416 e. The molecule has 0 aromatic heterocycles. The normalized spacial score (nSPS) is 13.1. The predicted octanol–water partition coefficient (Wildman–Crippen LogP) is 3.48. The van der Waals surface area contributed by atoms with Gasteiger partial charge in [0, 0.05) is 13.0 Å². The Kier molecular flexibility index (Phi) is 5.17. The summed E-state index contributed by atoms with van der Waals surface area (Å²) in [6.07, 6.45) is -2.97. The highest BCUT2D eigenvalue weighted by Crippen LogP contribution is 2.31. The molecule has 18 heavy (non-hydrogen) atoms. The second kappa shape index (κ2) is 6.41. The standard InChI is InChI=1S/C13H14F3NO/c14-13(15,16)12-5-3-11(4-6-12)10(7-8-17)2-1-9-18/h3-6,10,18H,1-2,7,9H2. The number of hydrogen-bond acceptors (Lipinski definition) is 2. The van der Waals surface area contributed by atoms with Crippen LogP contribution < -0.4 is 0 Å². The van der Waals surface area contributed by atoms with E-state index in [-0.39, 0.29) is 18.9 Å². The maximum absolute atomic E-state index is 12.4. The molecule has 0 heterocycles. The van der Waals surface area contributed by atoms with Crippen molar-refractivity contribution in [1.29, 1.82) is 5.26 Å². The van der Waals surface area contributed by atoms with Crippen molar-refractivity contribution in [2.24, 2.45) is 0 Å². The van der Waals surface area contributed by atoms with Crippen LogP contribution in [0.15, 0.2) is 24.3 Å². The lowest BCUT2D eigenvalue weighted by Gasteiger charge is -2.14. The summed E-state index contributed by atoms with van der Waals surface area (Å²) < 4.78 is 37.2. The van der Waals surface area contributed by atoms with Gasteiger partial charge in [0.05, 0.1) is 11.6 Å². The van der Waals surface area contributed by atoms with Gasteiger partial charge in [-0.3, -0.25) is 0 Å². The Hall–Kier alpha value is -1.54. The Labute approximate surface area is 104 Å². The first-order valence-corrected chi connectivity index (χ1v) is 5.64. The van der Waals surface area contributed by atoms with E-state index in [1.165, 1.54) is 12.1 Å². The third-order valence-electron chi connectivity index (χ3n) is 2.76. The van der Waals surface area contributed by atoms with E-state index in [1.54, 1.807) is 0 Å². The molecule has 0 aliphatic rings. The number of alkyl halides is 3. The molecule has 0 aliphatic heterocycles. The van der Waals surface area contributed by atoms with Gasteiger partial charge in [-0.05, 0) is 36.5 Å². The van der Waals surface area contributed by atoms with Crippen molar-refractivity contribution in [3.8, 4) is 6.07 Å². The molecule has 0 aliphatic carbocycles. The van der Waals surface area contributed by atoms with E-state index >= 15 is 0 Å². The van der Waals surface area contributed by atoms with Crippen LogP contribution >= 0.6 is 0 Å². The SMILES string of the molecule is N#CCC(CCCO)c1ccc(C(F)(F)F)cc1. The summed E-state index contributed by atoms with van der Waals surface area (Å²) in [5.74, 6) is -0.121. The topological polar surface area (TPSA) is 44.0 Å². The second-order valence-corrected chi connectivity index (χ2v) is 4.04. The van der Waals surface area contributed by atoms with E-state index in [0.717, 1.165) is 12.1 Å². The van der Waals surface area contributed by atoms with E-state index in [2.05, 4.69) is 0 Å². The minimum Gasteiger partial charge on any atom is -0.396 e. The van der Waals surface area contributed by atoms with Gasteiger partial charge in [0.15, 0.2) is 0 Å². The summed E-state index contributed by atoms with van der Waals surface area (Å²) in [5, 5.41) is 17.4. The van der Waals surface area contributed by atoms with Gasteiger partial charge in [0.1, 0.15) is 0 Å². The molecule has 5 heteroatoms. The maximum Gasteiger partial charge on any atom is 0.416 e. The first-order valence-electron chi connectivity index (χ1n) is 5.64. The van der Waals surface area contributed by atoms with Crippen molar-refractivity contribution >= 4 is 0 Å². The van der Waals surface area contributed by atoms with Crippen LogP contribution in [0.1, 0.15) is 36.3 Å². The molecule has 2 nitrogen and oxygen atoms in total. The molecular weight excluding hydrogens is 243 g/mol. The molecule has 1 unspecified atom stereocenters. The van der Waals surface area contributed by atoms with Crippen LogP contribution in [0.4, 0.5) is 13.2 Å². The van der Waals surface area contributed by atoms with Crippen LogP contribution in [0, 0.1) is 11.3 Å². The van der Waals surface area contributed by atoms with Crippen LogP contribution in [-0.2, 0) is 6.18 Å². The minimum atomic E-state index is -4.34. The highest BCUT2D eigenvalue weighted by Gasteiger charge is 2.30. The van der Waals surface area contributed by atoms with Crippen molar-refractivity contribution in [2.45, 2.75) is 31.4 Å². The number of aliphatic hydroxyl groups excluding tert-OH is 1. The van der Waals surface area contributed by atoms with Crippen molar-refractivity contribution < 1.29 is 18.3 Å². The quantitative estimate of drug-likeness (QED) is 0.877. The summed E-state index contributed by atoms with van der Waals surface area (Å²) in [6, 6.07) is 6.88. The molecule has 0 saturated carbocycles. The Balaban J connectivity index is 2.84. The van der Waals surface area contributed by atoms with Gasteiger partial charge in [0.25, 0.3) is 0 Å². The van der Waals surface area contributed by atoms with Gasteiger partial charge >= 0.3 is 6.18 Å². The van der Waals surface area contributed by atoms with E-state index in [4.69, 9.17) is 10.4 Å². The van der Waals surface area contributed by atoms with Crippen molar-refractivity contribution in [1.82, 2.24) is 0 Å². The first kappa shape index (κ1) is 14.5. The van der Waals surface area contributed by atoms with E-state index in [9.17, 15) is 13.2 Å². The fourth-order valence-electron chi connectivity index (χ4n) is 1.78. The van der Waals surface area contributed by atoms with Gasteiger partial charge < -0.3 is 5.11 Å². The highest BCUT2D eigenvalue weighted by atomic mass is 19.4. The van der Waals surface area contributed by atoms with E-state index in [1.807, 2.05) is 6.07 Å². The van der Waals surface area contributed by atoms with Gasteiger partial charge in [-0.2, -0.15) is 18.4 Å². The molecular formula is C13H14F3NO. The zero-order valence-electron chi connectivity index (χ0n) is 9.74. The van der Waals surface area contributed by atoms with Crippen molar-refractivity contribution in [2.75, 3.05) is 6.61 Å². The smallest absolute Gasteiger partial charge is 0.396 e. The molecule has 1 aromatic carbocycles. The summed E-state index contributed by atoms with van der Waals surface area (Å²) in [7, 11) is 0. The van der Waals surface area contributed by atoms with Crippen LogP contribution in [0.5, 0.6) is 0 Å². The average Bonchev–Trinajstić information content (AvgIpc) is 2.33. The Morgan fingerprint density at radius 3 is 2.28 bits per heavy atom. The first-order chi connectivity index (χ1) is 8.49. The fraction of sp³-hybridized carbons (Fsp3) is 0.462. The van der Waals surface area contributed by atoms with Gasteiger partial charge in [0.2, 0.25) is 0 Å². The number of benzene rings is 1. The summed E-state index contributed by atoms with van der Waals surface area (Å²) >= 11 is 0. The Morgan fingerprint density at radius 1 is 1.22 bits per heavy atom. The van der Waals surface area contributed by atoms with E-state index in [0.29, 0.717) is 18.4 Å². The minimum absolute atomic E-state index is 0.0164. The third kappa shape index (κ3) is 4.04. The van der Waals surface area contributed by atoms with E-state index < -0.39 is 11.7 Å². The molecule has 0 amide bonds. The van der Waals surface area contributed by atoms with Gasteiger partial charge in [-0.1, -0.05) is 12.1 Å². The van der Waals surface area contributed by atoms with Crippen molar-refractivity contribution in [3.05, 3.63) is 35.4 Å². The zero-order chi connectivity index (χ0) is 13.6. The molecule has 1 atom stereocenters. The van der Waals surface area contributed by atoms with Crippen LogP contribution in [0.3, 0.4) is 0 Å².